The van der Waals surface area contributed by atoms with E-state index in [2.05, 4.69) is 4.98 Å². The molecule has 2 atom stereocenters. The zero-order valence-electron chi connectivity index (χ0n) is 11.0. The molecule has 0 aliphatic carbocycles. The van der Waals surface area contributed by atoms with E-state index in [1.807, 2.05) is 0 Å². The maximum absolute atomic E-state index is 11.9. The van der Waals surface area contributed by atoms with E-state index in [0.29, 0.717) is 18.0 Å². The van der Waals surface area contributed by atoms with Crippen LogP contribution in [0.15, 0.2) is 18.2 Å². The van der Waals surface area contributed by atoms with Gasteiger partial charge in [0.25, 0.3) is 0 Å². The molecule has 0 bridgehead atoms. The summed E-state index contributed by atoms with van der Waals surface area (Å²) in [4.78, 5) is 28.7. The Bertz CT molecular complexity index is 641. The lowest BCUT2D eigenvalue weighted by molar-refractivity contribution is -0.153. The summed E-state index contributed by atoms with van der Waals surface area (Å²) >= 11 is 1.25. The number of aliphatic carboxylic acids is 1. The lowest BCUT2D eigenvalue weighted by Crippen LogP contribution is -2.58. The van der Waals surface area contributed by atoms with Gasteiger partial charge in [0.05, 0.1) is 24.5 Å². The molecule has 0 saturated carbocycles. The lowest BCUT2D eigenvalue weighted by atomic mass is 9.98. The van der Waals surface area contributed by atoms with E-state index in [4.69, 9.17) is 5.73 Å². The van der Waals surface area contributed by atoms with E-state index in [0.717, 1.165) is 5.69 Å². The number of hydrogen-bond acceptors (Lipinski definition) is 6. The second-order valence-electron chi connectivity index (χ2n) is 4.78. The van der Waals surface area contributed by atoms with Gasteiger partial charge in [-0.1, -0.05) is 11.8 Å². The van der Waals surface area contributed by atoms with Gasteiger partial charge in [-0.25, -0.2) is 9.78 Å². The van der Waals surface area contributed by atoms with Gasteiger partial charge in [-0.3, -0.25) is 14.3 Å². The van der Waals surface area contributed by atoms with Crippen molar-refractivity contribution in [2.75, 3.05) is 13.2 Å². The molecule has 0 radical (unpaired) electrons. The summed E-state index contributed by atoms with van der Waals surface area (Å²) in [5, 5.41) is 18.7. The molecule has 0 spiro atoms. The predicted molar refractivity (Wildman–Crippen MR) is 74.6 cm³/mol. The topological polar surface area (TPSA) is 122 Å². The summed E-state index contributed by atoms with van der Waals surface area (Å²) in [6, 6.07) is 0. The highest BCUT2D eigenvalue weighted by Gasteiger charge is 2.56. The normalized spacial score (nSPS) is 24.3. The average molecular weight is 310 g/mol. The van der Waals surface area contributed by atoms with Gasteiger partial charge in [-0.05, 0) is 6.54 Å². The summed E-state index contributed by atoms with van der Waals surface area (Å²) in [5.74, 6) is -2.07. The number of carboxylic acids is 1. The Balaban J connectivity index is 1.96. The first-order valence-electron chi connectivity index (χ1n) is 6.40. The third kappa shape index (κ3) is 2.04. The summed E-state index contributed by atoms with van der Waals surface area (Å²) < 4.78 is 1.60. The number of nitrogens with zero attached hydrogens (tertiary/aromatic N) is 3. The SMILES string of the molecule is NCCc1cn(C2=C(C(=O)O)N3C(=O)[C@H](CO)[C@H]3S2)cn1. The molecule has 1 aromatic rings. The molecule has 4 N–H and O–H groups in total. The van der Waals surface area contributed by atoms with Gasteiger partial charge in [0.1, 0.15) is 10.4 Å². The molecule has 8 nitrogen and oxygen atoms in total. The number of hydrogen-bond donors (Lipinski definition) is 3. The van der Waals surface area contributed by atoms with Crippen molar-refractivity contribution in [3.63, 3.8) is 0 Å². The smallest absolute Gasteiger partial charge is 0.355 e. The van der Waals surface area contributed by atoms with Crippen LogP contribution < -0.4 is 5.73 Å². The predicted octanol–water partition coefficient (Wildman–Crippen LogP) is -0.881. The number of rotatable bonds is 5. The minimum atomic E-state index is -1.17. The third-order valence-corrected chi connectivity index (χ3v) is 4.91. The van der Waals surface area contributed by atoms with Crippen LogP contribution in [0.3, 0.4) is 0 Å². The molecular weight excluding hydrogens is 296 g/mol. The number of imidazole rings is 1. The molecule has 112 valence electrons. The number of carbonyl (C=O) groups is 2. The highest BCUT2D eigenvalue weighted by Crippen LogP contribution is 2.50. The summed E-state index contributed by atoms with van der Waals surface area (Å²) in [6.45, 7) is 0.171. The highest BCUT2D eigenvalue weighted by atomic mass is 32.2. The van der Waals surface area contributed by atoms with Crippen LogP contribution in [-0.4, -0.2) is 55.1 Å². The molecule has 1 amide bonds. The molecule has 1 aromatic heterocycles. The molecule has 0 aromatic carbocycles. The van der Waals surface area contributed by atoms with E-state index in [1.54, 1.807) is 10.8 Å². The molecule has 1 fully saturated rings. The summed E-state index contributed by atoms with van der Waals surface area (Å²) in [6.07, 6.45) is 3.82. The Morgan fingerprint density at radius 2 is 2.29 bits per heavy atom. The van der Waals surface area contributed by atoms with E-state index < -0.39 is 11.9 Å². The van der Waals surface area contributed by atoms with Crippen molar-refractivity contribution < 1.29 is 19.8 Å². The number of aromatic nitrogens is 2. The molecule has 3 rings (SSSR count). The van der Waals surface area contributed by atoms with Gasteiger partial charge in [0.15, 0.2) is 5.70 Å². The van der Waals surface area contributed by atoms with Crippen LogP contribution >= 0.6 is 11.8 Å². The molecule has 9 heteroatoms. The van der Waals surface area contributed by atoms with E-state index in [-0.39, 0.29) is 23.6 Å². The number of aliphatic hydroxyl groups is 1. The Kier molecular flexibility index (Phi) is 3.47. The maximum Gasteiger partial charge on any atom is 0.355 e. The third-order valence-electron chi connectivity index (χ3n) is 3.50. The second-order valence-corrected chi connectivity index (χ2v) is 5.88. The number of β-lactam (4-membered cyclic amide) rings is 1. The fraction of sp³-hybridized carbons (Fsp3) is 0.417. The molecule has 2 aliphatic rings. The van der Waals surface area contributed by atoms with Crippen LogP contribution in [0.25, 0.3) is 5.03 Å². The Morgan fingerprint density at radius 1 is 1.52 bits per heavy atom. The maximum atomic E-state index is 11.9. The van der Waals surface area contributed by atoms with Crippen molar-refractivity contribution >= 4 is 28.7 Å². The first kappa shape index (κ1) is 14.1. The van der Waals surface area contributed by atoms with Crippen molar-refractivity contribution in [1.82, 2.24) is 14.5 Å². The van der Waals surface area contributed by atoms with Crippen LogP contribution in [0.1, 0.15) is 5.69 Å². The van der Waals surface area contributed by atoms with Gasteiger partial charge in [0.2, 0.25) is 5.91 Å². The van der Waals surface area contributed by atoms with Gasteiger partial charge < -0.3 is 15.9 Å². The monoisotopic (exact) mass is 310 g/mol. The summed E-state index contributed by atoms with van der Waals surface area (Å²) in [7, 11) is 0. The van der Waals surface area contributed by atoms with Crippen LogP contribution in [0, 0.1) is 5.92 Å². The number of carboxylic acid groups (broad SMARTS) is 1. The lowest BCUT2D eigenvalue weighted by Gasteiger charge is -2.40. The van der Waals surface area contributed by atoms with Crippen molar-refractivity contribution in [2.45, 2.75) is 11.8 Å². The number of nitrogens with two attached hydrogens (primary N) is 1. The van der Waals surface area contributed by atoms with E-state index in [1.165, 1.54) is 23.0 Å². The Labute approximate surface area is 124 Å². The zero-order valence-corrected chi connectivity index (χ0v) is 11.8. The quantitative estimate of drug-likeness (QED) is 0.604. The van der Waals surface area contributed by atoms with Crippen molar-refractivity contribution in [2.24, 2.45) is 11.7 Å². The fourth-order valence-electron chi connectivity index (χ4n) is 2.47. The van der Waals surface area contributed by atoms with Crippen molar-refractivity contribution in [3.05, 3.63) is 23.9 Å². The Hall–Kier alpha value is -1.84. The van der Waals surface area contributed by atoms with Gasteiger partial charge in [-0.2, -0.15) is 0 Å². The first-order valence-corrected chi connectivity index (χ1v) is 7.28. The Morgan fingerprint density at radius 3 is 2.90 bits per heavy atom. The van der Waals surface area contributed by atoms with Gasteiger partial charge >= 0.3 is 5.97 Å². The molecular formula is C12H14N4O4S. The number of aliphatic hydroxyl groups excluding tert-OH is 1. The minimum absolute atomic E-state index is 0.0589. The van der Waals surface area contributed by atoms with Crippen LogP contribution in [-0.2, 0) is 16.0 Å². The van der Waals surface area contributed by atoms with Crippen LogP contribution in [0.2, 0.25) is 0 Å². The zero-order chi connectivity index (χ0) is 15.1. The average Bonchev–Trinajstić information content (AvgIpc) is 3.02. The second kappa shape index (κ2) is 5.17. The fourth-order valence-corrected chi connectivity index (χ4v) is 3.90. The van der Waals surface area contributed by atoms with Gasteiger partial charge in [-0.15, -0.1) is 0 Å². The molecule has 21 heavy (non-hydrogen) atoms. The number of thioether (sulfide) groups is 1. The number of fused-ring (bicyclic) bond motifs is 1. The number of carbonyl (C=O) groups excluding carboxylic acids is 1. The van der Waals surface area contributed by atoms with Crippen LogP contribution in [0.4, 0.5) is 0 Å². The summed E-state index contributed by atoms with van der Waals surface area (Å²) in [5.41, 5.74) is 6.17. The van der Waals surface area contributed by atoms with Crippen molar-refractivity contribution in [3.8, 4) is 0 Å². The largest absolute Gasteiger partial charge is 0.476 e. The molecule has 3 heterocycles. The minimum Gasteiger partial charge on any atom is -0.476 e. The van der Waals surface area contributed by atoms with Crippen molar-refractivity contribution in [1.29, 1.82) is 0 Å². The van der Waals surface area contributed by atoms with E-state index in [9.17, 15) is 19.8 Å². The first-order chi connectivity index (χ1) is 10.1. The molecule has 2 aliphatic heterocycles. The van der Waals surface area contributed by atoms with E-state index >= 15 is 0 Å². The standard InChI is InChI=1S/C12H14N4O4S/c13-2-1-6-3-15(5-14-6)11-8(12(19)20)16-9(18)7(4-17)10(16)21-11/h3,5,7,10,17H,1-2,4,13H2,(H,19,20)/t7-,10+/m0/s1. The highest BCUT2D eigenvalue weighted by molar-refractivity contribution is 8.08. The molecule has 0 unspecified atom stereocenters. The van der Waals surface area contributed by atoms with Crippen LogP contribution in [0.5, 0.6) is 0 Å². The number of amides is 1. The van der Waals surface area contributed by atoms with Gasteiger partial charge in [0, 0.05) is 12.6 Å². The molecule has 1 saturated heterocycles.